The van der Waals surface area contributed by atoms with Gasteiger partial charge >= 0.3 is 6.09 Å². The average Bonchev–Trinajstić information content (AvgIpc) is 2.74. The fraction of sp³-hybridized carbons (Fsp3) is 0.167. The highest BCUT2D eigenvalue weighted by molar-refractivity contribution is 7.09. The number of rotatable bonds is 3. The zero-order valence-electron chi connectivity index (χ0n) is 9.34. The molecular formula is C12H12N2O2S. The first-order chi connectivity index (χ1) is 8.24. The molecule has 1 aromatic heterocycles. The summed E-state index contributed by atoms with van der Waals surface area (Å²) in [5.41, 5.74) is 0.961. The second-order valence-electron chi connectivity index (χ2n) is 3.44. The average molecular weight is 248 g/mol. The summed E-state index contributed by atoms with van der Waals surface area (Å²) in [5.74, 6) is 0.528. The van der Waals surface area contributed by atoms with Gasteiger partial charge in [-0.05, 0) is 19.1 Å². The van der Waals surface area contributed by atoms with Crippen molar-refractivity contribution in [1.82, 2.24) is 10.3 Å². The van der Waals surface area contributed by atoms with Gasteiger partial charge in [0.1, 0.15) is 10.8 Å². The van der Waals surface area contributed by atoms with Gasteiger partial charge in [-0.25, -0.2) is 9.78 Å². The molecule has 0 unspecified atom stereocenters. The van der Waals surface area contributed by atoms with Gasteiger partial charge in [0.2, 0.25) is 0 Å². The Labute approximate surface area is 103 Å². The van der Waals surface area contributed by atoms with Crippen molar-refractivity contribution in [2.24, 2.45) is 0 Å². The molecule has 1 N–H and O–H groups in total. The van der Waals surface area contributed by atoms with Crippen LogP contribution >= 0.6 is 11.3 Å². The van der Waals surface area contributed by atoms with Gasteiger partial charge in [-0.2, -0.15) is 0 Å². The predicted octanol–water partition coefficient (Wildman–Crippen LogP) is 2.74. The minimum Gasteiger partial charge on any atom is -0.410 e. The highest BCUT2D eigenvalue weighted by Crippen LogP contribution is 2.10. The van der Waals surface area contributed by atoms with Crippen LogP contribution in [0.15, 0.2) is 35.7 Å². The molecule has 88 valence electrons. The van der Waals surface area contributed by atoms with E-state index in [0.29, 0.717) is 12.3 Å². The van der Waals surface area contributed by atoms with Gasteiger partial charge in [0.25, 0.3) is 0 Å². The molecule has 0 aliphatic rings. The Morgan fingerprint density at radius 1 is 1.41 bits per heavy atom. The lowest BCUT2D eigenvalue weighted by Crippen LogP contribution is -2.26. The van der Waals surface area contributed by atoms with E-state index in [1.165, 1.54) is 11.3 Å². The maximum Gasteiger partial charge on any atom is 0.412 e. The van der Waals surface area contributed by atoms with Crippen LogP contribution in [0.1, 0.15) is 10.7 Å². The summed E-state index contributed by atoms with van der Waals surface area (Å²) in [6.07, 6.45) is -0.468. The number of thiazole rings is 1. The van der Waals surface area contributed by atoms with E-state index in [1.54, 1.807) is 12.1 Å². The van der Waals surface area contributed by atoms with Crippen LogP contribution in [-0.4, -0.2) is 11.1 Å². The molecule has 5 heteroatoms. The van der Waals surface area contributed by atoms with E-state index in [4.69, 9.17) is 4.74 Å². The van der Waals surface area contributed by atoms with Crippen molar-refractivity contribution < 1.29 is 9.53 Å². The number of nitrogens with zero attached hydrogens (tertiary/aromatic N) is 1. The van der Waals surface area contributed by atoms with Gasteiger partial charge in [0.15, 0.2) is 0 Å². The molecule has 0 saturated heterocycles. The highest BCUT2D eigenvalue weighted by Gasteiger charge is 2.05. The first kappa shape index (κ1) is 11.6. The molecular weight excluding hydrogens is 236 g/mol. The summed E-state index contributed by atoms with van der Waals surface area (Å²) in [5, 5.41) is 5.46. The minimum absolute atomic E-state index is 0.393. The third kappa shape index (κ3) is 3.57. The molecule has 0 saturated carbocycles. The van der Waals surface area contributed by atoms with Crippen LogP contribution in [0, 0.1) is 6.92 Å². The van der Waals surface area contributed by atoms with Crippen LogP contribution < -0.4 is 10.1 Å². The molecule has 4 nitrogen and oxygen atoms in total. The smallest absolute Gasteiger partial charge is 0.410 e. The van der Waals surface area contributed by atoms with Gasteiger partial charge < -0.3 is 10.1 Å². The van der Waals surface area contributed by atoms with E-state index in [-0.39, 0.29) is 0 Å². The molecule has 17 heavy (non-hydrogen) atoms. The van der Waals surface area contributed by atoms with Crippen molar-refractivity contribution in [2.45, 2.75) is 13.5 Å². The fourth-order valence-electron chi connectivity index (χ4n) is 1.26. The van der Waals surface area contributed by atoms with Gasteiger partial charge in [-0.1, -0.05) is 18.2 Å². The second-order valence-corrected chi connectivity index (χ2v) is 4.38. The van der Waals surface area contributed by atoms with Crippen molar-refractivity contribution >= 4 is 17.4 Å². The minimum atomic E-state index is -0.468. The summed E-state index contributed by atoms with van der Waals surface area (Å²) in [6, 6.07) is 8.95. The fourth-order valence-corrected chi connectivity index (χ4v) is 1.97. The van der Waals surface area contributed by atoms with Crippen LogP contribution in [-0.2, 0) is 6.54 Å². The summed E-state index contributed by atoms with van der Waals surface area (Å²) in [7, 11) is 0. The third-order valence-electron chi connectivity index (χ3n) is 2.00. The summed E-state index contributed by atoms with van der Waals surface area (Å²) >= 11 is 1.52. The number of benzene rings is 1. The van der Waals surface area contributed by atoms with Gasteiger partial charge in [0, 0.05) is 11.1 Å². The first-order valence-electron chi connectivity index (χ1n) is 5.16. The van der Waals surface area contributed by atoms with Crippen LogP contribution in [0.3, 0.4) is 0 Å². The maximum absolute atomic E-state index is 11.4. The second kappa shape index (κ2) is 5.45. The SMILES string of the molecule is Cc1csc(CNC(=O)Oc2ccccc2)n1. The lowest BCUT2D eigenvalue weighted by atomic mass is 10.3. The molecule has 0 atom stereocenters. The van der Waals surface area contributed by atoms with Crippen molar-refractivity contribution in [3.05, 3.63) is 46.4 Å². The summed E-state index contributed by atoms with van der Waals surface area (Å²) in [4.78, 5) is 15.7. The Bertz CT molecular complexity index is 496. The molecule has 0 bridgehead atoms. The van der Waals surface area contributed by atoms with E-state index < -0.39 is 6.09 Å². The molecule has 2 rings (SSSR count). The molecule has 0 aliphatic carbocycles. The Hall–Kier alpha value is -1.88. The molecule has 1 aromatic carbocycles. The van der Waals surface area contributed by atoms with Crippen molar-refractivity contribution in [3.63, 3.8) is 0 Å². The molecule has 0 spiro atoms. The quantitative estimate of drug-likeness (QED) is 0.908. The van der Waals surface area contributed by atoms with E-state index in [9.17, 15) is 4.79 Å². The van der Waals surface area contributed by atoms with Crippen molar-refractivity contribution in [2.75, 3.05) is 0 Å². The largest absolute Gasteiger partial charge is 0.412 e. The Balaban J connectivity index is 1.82. The zero-order chi connectivity index (χ0) is 12.1. The lowest BCUT2D eigenvalue weighted by Gasteiger charge is -2.04. The number of para-hydroxylation sites is 1. The summed E-state index contributed by atoms with van der Waals surface area (Å²) < 4.78 is 5.07. The van der Waals surface area contributed by atoms with E-state index >= 15 is 0 Å². The maximum atomic E-state index is 11.4. The standard InChI is InChI=1S/C12H12N2O2S/c1-9-8-17-11(14-9)7-13-12(15)16-10-5-3-2-4-6-10/h2-6,8H,7H2,1H3,(H,13,15). The van der Waals surface area contributed by atoms with Crippen LogP contribution in [0.5, 0.6) is 5.75 Å². The molecule has 2 aromatic rings. The number of nitrogens with one attached hydrogen (secondary N) is 1. The van der Waals surface area contributed by atoms with E-state index in [2.05, 4.69) is 10.3 Å². The van der Waals surface area contributed by atoms with Crippen LogP contribution in [0.4, 0.5) is 4.79 Å². The number of hydrogen-bond acceptors (Lipinski definition) is 4. The number of aryl methyl sites for hydroxylation is 1. The first-order valence-corrected chi connectivity index (χ1v) is 6.04. The van der Waals surface area contributed by atoms with Crippen molar-refractivity contribution in [3.8, 4) is 5.75 Å². The number of hydrogen-bond donors (Lipinski definition) is 1. The lowest BCUT2D eigenvalue weighted by molar-refractivity contribution is 0.200. The van der Waals surface area contributed by atoms with E-state index in [0.717, 1.165) is 10.7 Å². The molecule has 0 aliphatic heterocycles. The van der Waals surface area contributed by atoms with Gasteiger partial charge in [0.05, 0.1) is 6.54 Å². The van der Waals surface area contributed by atoms with E-state index in [1.807, 2.05) is 30.5 Å². The predicted molar refractivity (Wildman–Crippen MR) is 66.2 cm³/mol. The molecule has 1 amide bonds. The Morgan fingerprint density at radius 3 is 2.82 bits per heavy atom. The number of aromatic nitrogens is 1. The number of amides is 1. The zero-order valence-corrected chi connectivity index (χ0v) is 10.2. The number of carbonyl (C=O) groups excluding carboxylic acids is 1. The molecule has 1 heterocycles. The molecule has 0 radical (unpaired) electrons. The normalized spacial score (nSPS) is 9.94. The van der Waals surface area contributed by atoms with Gasteiger partial charge in [-0.15, -0.1) is 11.3 Å². The van der Waals surface area contributed by atoms with Gasteiger partial charge in [-0.3, -0.25) is 0 Å². The Morgan fingerprint density at radius 2 is 2.18 bits per heavy atom. The number of ether oxygens (including phenoxy) is 1. The van der Waals surface area contributed by atoms with Crippen LogP contribution in [0.25, 0.3) is 0 Å². The Kier molecular flexibility index (Phi) is 3.72. The van der Waals surface area contributed by atoms with Crippen LogP contribution in [0.2, 0.25) is 0 Å². The number of carbonyl (C=O) groups is 1. The summed E-state index contributed by atoms with van der Waals surface area (Å²) in [6.45, 7) is 2.31. The monoisotopic (exact) mass is 248 g/mol. The highest BCUT2D eigenvalue weighted by atomic mass is 32.1. The molecule has 0 fully saturated rings. The third-order valence-corrected chi connectivity index (χ3v) is 2.97. The van der Waals surface area contributed by atoms with Crippen molar-refractivity contribution in [1.29, 1.82) is 0 Å². The topological polar surface area (TPSA) is 51.2 Å².